The molecule has 22 heavy (non-hydrogen) atoms. The minimum absolute atomic E-state index is 0.00856. The van der Waals surface area contributed by atoms with Crippen LogP contribution < -0.4 is 5.32 Å². The van der Waals surface area contributed by atoms with E-state index in [1.165, 1.54) is 24.2 Å². The van der Waals surface area contributed by atoms with Gasteiger partial charge in [0.2, 0.25) is 0 Å². The van der Waals surface area contributed by atoms with E-state index in [4.69, 9.17) is 4.42 Å². The number of amides is 1. The molecule has 1 fully saturated rings. The molecule has 0 spiro atoms. The van der Waals surface area contributed by atoms with Crippen LogP contribution in [0, 0.1) is 5.92 Å². The molecular weight excluding hydrogens is 298 g/mol. The third kappa shape index (κ3) is 4.18. The number of likely N-dealkylation sites (tertiary alicyclic amines) is 1. The van der Waals surface area contributed by atoms with Crippen LogP contribution in [-0.2, 0) is 6.54 Å². The zero-order valence-corrected chi connectivity index (χ0v) is 13.3. The molecule has 1 saturated heterocycles. The van der Waals surface area contributed by atoms with Crippen molar-refractivity contribution in [3.05, 3.63) is 40.7 Å². The normalized spacial score (nSPS) is 19.2. The third-order valence-electron chi connectivity index (χ3n) is 4.06. The van der Waals surface area contributed by atoms with Gasteiger partial charge in [0, 0.05) is 13.1 Å². The molecule has 2 aromatic rings. The Hall–Kier alpha value is -1.66. The first-order chi connectivity index (χ1) is 10.8. The molecule has 1 N–H and O–H groups in total. The van der Waals surface area contributed by atoms with Crippen molar-refractivity contribution in [1.29, 1.82) is 0 Å². The standard InChI is InChI=1S/C16H21N3O2S/c20-16(15-9-17-12-22-15)18-6-5-13-3-1-7-19(10-13)11-14-4-2-8-21-14/h2,4,8-9,12-13H,1,3,5-7,10-11H2,(H,18,20). The van der Waals surface area contributed by atoms with E-state index in [0.717, 1.165) is 38.4 Å². The lowest BCUT2D eigenvalue weighted by molar-refractivity contribution is 0.0949. The highest BCUT2D eigenvalue weighted by Crippen LogP contribution is 2.21. The lowest BCUT2D eigenvalue weighted by atomic mass is 9.94. The fourth-order valence-corrected chi connectivity index (χ4v) is 3.49. The van der Waals surface area contributed by atoms with Crippen LogP contribution in [0.15, 0.2) is 34.5 Å². The molecule has 5 nitrogen and oxygen atoms in total. The van der Waals surface area contributed by atoms with Gasteiger partial charge >= 0.3 is 0 Å². The van der Waals surface area contributed by atoms with Crippen LogP contribution in [0.4, 0.5) is 0 Å². The van der Waals surface area contributed by atoms with E-state index in [-0.39, 0.29) is 5.91 Å². The predicted molar refractivity (Wildman–Crippen MR) is 85.8 cm³/mol. The zero-order chi connectivity index (χ0) is 15.2. The van der Waals surface area contributed by atoms with Crippen LogP contribution in [0.2, 0.25) is 0 Å². The van der Waals surface area contributed by atoms with Gasteiger partial charge in [0.05, 0.1) is 24.5 Å². The first-order valence-electron chi connectivity index (χ1n) is 7.72. The van der Waals surface area contributed by atoms with Gasteiger partial charge in [-0.25, -0.2) is 0 Å². The average Bonchev–Trinajstić information content (AvgIpc) is 3.21. The highest BCUT2D eigenvalue weighted by atomic mass is 32.1. The second-order valence-electron chi connectivity index (χ2n) is 5.73. The fraction of sp³-hybridized carbons (Fsp3) is 0.500. The van der Waals surface area contributed by atoms with Crippen LogP contribution >= 0.6 is 11.3 Å². The minimum Gasteiger partial charge on any atom is -0.468 e. The number of aromatic nitrogens is 1. The third-order valence-corrected chi connectivity index (χ3v) is 4.83. The Morgan fingerprint density at radius 3 is 3.27 bits per heavy atom. The number of nitrogens with zero attached hydrogens (tertiary/aromatic N) is 2. The molecule has 0 aromatic carbocycles. The van der Waals surface area contributed by atoms with E-state index in [1.54, 1.807) is 18.0 Å². The van der Waals surface area contributed by atoms with Crippen molar-refractivity contribution >= 4 is 17.2 Å². The molecule has 1 aliphatic heterocycles. The van der Waals surface area contributed by atoms with E-state index >= 15 is 0 Å². The predicted octanol–water partition coefficient (Wildman–Crippen LogP) is 2.77. The van der Waals surface area contributed by atoms with Crippen molar-refractivity contribution in [1.82, 2.24) is 15.2 Å². The quantitative estimate of drug-likeness (QED) is 0.889. The highest BCUT2D eigenvalue weighted by Gasteiger charge is 2.20. The molecule has 1 aliphatic rings. The highest BCUT2D eigenvalue weighted by molar-refractivity contribution is 7.11. The molecule has 118 valence electrons. The number of nitrogens with one attached hydrogen (secondary N) is 1. The van der Waals surface area contributed by atoms with Gasteiger partial charge in [-0.1, -0.05) is 0 Å². The number of thiazole rings is 1. The van der Waals surface area contributed by atoms with Crippen LogP contribution in [0.5, 0.6) is 0 Å². The number of hydrogen-bond donors (Lipinski definition) is 1. The Bertz CT molecular complexity index is 568. The van der Waals surface area contributed by atoms with E-state index in [0.29, 0.717) is 10.8 Å². The van der Waals surface area contributed by atoms with Crippen molar-refractivity contribution in [3.63, 3.8) is 0 Å². The van der Waals surface area contributed by atoms with Crippen LogP contribution in [0.25, 0.3) is 0 Å². The van der Waals surface area contributed by atoms with E-state index in [2.05, 4.69) is 15.2 Å². The van der Waals surface area contributed by atoms with Gasteiger partial charge in [-0.2, -0.15) is 0 Å². The summed E-state index contributed by atoms with van der Waals surface area (Å²) in [6.07, 6.45) is 6.83. The molecule has 3 rings (SSSR count). The number of carbonyl (C=O) groups is 1. The van der Waals surface area contributed by atoms with Crippen LogP contribution in [0.3, 0.4) is 0 Å². The van der Waals surface area contributed by atoms with Gasteiger partial charge < -0.3 is 9.73 Å². The van der Waals surface area contributed by atoms with Gasteiger partial charge in [-0.3, -0.25) is 14.7 Å². The van der Waals surface area contributed by atoms with Crippen molar-refractivity contribution in [2.45, 2.75) is 25.8 Å². The van der Waals surface area contributed by atoms with E-state index < -0.39 is 0 Å². The smallest absolute Gasteiger partial charge is 0.262 e. The molecule has 0 aliphatic carbocycles. The maximum Gasteiger partial charge on any atom is 0.262 e. The summed E-state index contributed by atoms with van der Waals surface area (Å²) in [6, 6.07) is 3.96. The average molecular weight is 319 g/mol. The molecule has 0 saturated carbocycles. The summed E-state index contributed by atoms with van der Waals surface area (Å²) in [5.74, 6) is 1.66. The monoisotopic (exact) mass is 319 g/mol. The summed E-state index contributed by atoms with van der Waals surface area (Å²) >= 11 is 1.38. The molecule has 0 bridgehead atoms. The number of hydrogen-bond acceptors (Lipinski definition) is 5. The maximum absolute atomic E-state index is 11.9. The second kappa shape index (κ2) is 7.56. The number of piperidine rings is 1. The Balaban J connectivity index is 1.40. The summed E-state index contributed by atoms with van der Waals surface area (Å²) in [6.45, 7) is 3.83. The van der Waals surface area contributed by atoms with Crippen molar-refractivity contribution in [2.24, 2.45) is 5.92 Å². The minimum atomic E-state index is -0.00856. The van der Waals surface area contributed by atoms with Crippen molar-refractivity contribution < 1.29 is 9.21 Å². The summed E-state index contributed by atoms with van der Waals surface area (Å²) in [5.41, 5.74) is 1.68. The fourth-order valence-electron chi connectivity index (χ4n) is 2.96. The van der Waals surface area contributed by atoms with Crippen LogP contribution in [0.1, 0.15) is 34.7 Å². The second-order valence-corrected chi connectivity index (χ2v) is 6.62. The lowest BCUT2D eigenvalue weighted by Gasteiger charge is -2.32. The van der Waals surface area contributed by atoms with Crippen molar-refractivity contribution in [3.8, 4) is 0 Å². The van der Waals surface area contributed by atoms with Gasteiger partial charge in [0.1, 0.15) is 10.6 Å². The molecular formula is C16H21N3O2S. The van der Waals surface area contributed by atoms with Gasteiger partial charge in [0.25, 0.3) is 5.91 Å². The molecule has 1 amide bonds. The Morgan fingerprint density at radius 1 is 1.55 bits per heavy atom. The number of furan rings is 1. The first-order valence-corrected chi connectivity index (χ1v) is 8.60. The van der Waals surface area contributed by atoms with Gasteiger partial charge in [0.15, 0.2) is 0 Å². The zero-order valence-electron chi connectivity index (χ0n) is 12.5. The van der Waals surface area contributed by atoms with Crippen LogP contribution in [-0.4, -0.2) is 35.4 Å². The van der Waals surface area contributed by atoms with Gasteiger partial charge in [-0.05, 0) is 43.9 Å². The largest absolute Gasteiger partial charge is 0.468 e. The Kier molecular flexibility index (Phi) is 5.24. The topological polar surface area (TPSA) is 58.4 Å². The van der Waals surface area contributed by atoms with Gasteiger partial charge in [-0.15, -0.1) is 11.3 Å². The van der Waals surface area contributed by atoms with E-state index in [9.17, 15) is 4.79 Å². The summed E-state index contributed by atoms with van der Waals surface area (Å²) in [4.78, 5) is 18.9. The summed E-state index contributed by atoms with van der Waals surface area (Å²) in [5, 5.41) is 2.99. The molecule has 3 heterocycles. The first kappa shape index (κ1) is 15.2. The maximum atomic E-state index is 11.9. The SMILES string of the molecule is O=C(NCCC1CCCN(Cc2ccco2)C1)c1cncs1. The summed E-state index contributed by atoms with van der Waals surface area (Å²) < 4.78 is 5.42. The summed E-state index contributed by atoms with van der Waals surface area (Å²) in [7, 11) is 0. The molecule has 0 radical (unpaired) electrons. The molecule has 1 atom stereocenters. The van der Waals surface area contributed by atoms with E-state index in [1.807, 2.05) is 12.1 Å². The molecule has 6 heteroatoms. The molecule has 2 aromatic heterocycles. The number of carbonyl (C=O) groups excluding carboxylic acids is 1. The Morgan fingerprint density at radius 2 is 2.50 bits per heavy atom. The lowest BCUT2D eigenvalue weighted by Crippen LogP contribution is -2.36. The number of rotatable bonds is 6. The molecule has 1 unspecified atom stereocenters. The van der Waals surface area contributed by atoms with Crippen molar-refractivity contribution in [2.75, 3.05) is 19.6 Å². The Labute approximate surface area is 134 Å².